The lowest BCUT2D eigenvalue weighted by Gasteiger charge is -2.15. The van der Waals surface area contributed by atoms with Crippen molar-refractivity contribution in [1.82, 2.24) is 4.98 Å². The van der Waals surface area contributed by atoms with Gasteiger partial charge in [-0.05, 0) is 18.2 Å². The number of oxazole rings is 1. The van der Waals surface area contributed by atoms with Gasteiger partial charge in [-0.1, -0.05) is 0 Å². The Morgan fingerprint density at radius 2 is 2.35 bits per heavy atom. The van der Waals surface area contributed by atoms with Crippen molar-refractivity contribution in [3.05, 3.63) is 24.1 Å². The summed E-state index contributed by atoms with van der Waals surface area (Å²) in [4.78, 5) is 17.7. The Hall–Kier alpha value is -1.55. The lowest BCUT2D eigenvalue weighted by atomic mass is 10.2. The summed E-state index contributed by atoms with van der Waals surface area (Å²) in [5.74, 6) is 0.685. The Bertz CT molecular complexity index is 593. The summed E-state index contributed by atoms with van der Waals surface area (Å²) in [7, 11) is 0. The molecule has 0 aliphatic carbocycles. The van der Waals surface area contributed by atoms with Crippen LogP contribution < -0.4 is 4.90 Å². The van der Waals surface area contributed by atoms with E-state index >= 15 is 0 Å². The number of aromatic nitrogens is 1. The molecule has 1 aromatic carbocycles. The summed E-state index contributed by atoms with van der Waals surface area (Å²) < 4.78 is 5.39. The first kappa shape index (κ1) is 10.6. The highest BCUT2D eigenvalue weighted by Crippen LogP contribution is 2.27. The molecule has 1 unspecified atom stereocenters. The number of hydrogen-bond donors (Lipinski definition) is 0. The zero-order valence-electron chi connectivity index (χ0n) is 9.31. The van der Waals surface area contributed by atoms with Crippen LogP contribution in [-0.2, 0) is 4.79 Å². The maximum Gasteiger partial charge on any atom is 0.228 e. The molecule has 3 rings (SSSR count). The van der Waals surface area contributed by atoms with E-state index in [0.29, 0.717) is 18.9 Å². The van der Waals surface area contributed by atoms with Gasteiger partial charge in [0.15, 0.2) is 11.5 Å². The van der Waals surface area contributed by atoms with E-state index in [-0.39, 0.29) is 11.3 Å². The van der Waals surface area contributed by atoms with Crippen LogP contribution in [0, 0.1) is 6.92 Å². The maximum absolute atomic E-state index is 11.7. The smallest absolute Gasteiger partial charge is 0.228 e. The van der Waals surface area contributed by atoms with E-state index < -0.39 is 0 Å². The van der Waals surface area contributed by atoms with Gasteiger partial charge < -0.3 is 9.32 Å². The van der Waals surface area contributed by atoms with E-state index in [1.165, 1.54) is 0 Å². The third-order valence-corrected chi connectivity index (χ3v) is 3.16. The molecule has 88 valence electrons. The van der Waals surface area contributed by atoms with E-state index in [2.05, 4.69) is 4.98 Å². The van der Waals surface area contributed by atoms with Gasteiger partial charge in [-0.2, -0.15) is 0 Å². The highest BCUT2D eigenvalue weighted by molar-refractivity contribution is 6.24. The maximum atomic E-state index is 11.7. The number of amides is 1. The van der Waals surface area contributed by atoms with Crippen molar-refractivity contribution < 1.29 is 9.21 Å². The average molecular weight is 251 g/mol. The van der Waals surface area contributed by atoms with Crippen molar-refractivity contribution in [2.75, 3.05) is 11.4 Å². The molecule has 1 fully saturated rings. The van der Waals surface area contributed by atoms with Crippen LogP contribution in [0.4, 0.5) is 5.69 Å². The molecule has 5 heteroatoms. The number of aryl methyl sites for hydroxylation is 1. The number of rotatable bonds is 1. The van der Waals surface area contributed by atoms with Crippen LogP contribution in [0.1, 0.15) is 12.3 Å². The molecule has 1 atom stereocenters. The van der Waals surface area contributed by atoms with Gasteiger partial charge in [-0.15, -0.1) is 11.6 Å². The minimum atomic E-state index is -0.0998. The largest absolute Gasteiger partial charge is 0.441 e. The van der Waals surface area contributed by atoms with Crippen molar-refractivity contribution in [3.8, 4) is 0 Å². The van der Waals surface area contributed by atoms with Crippen LogP contribution in [0.2, 0.25) is 0 Å². The molecule has 0 spiro atoms. The third kappa shape index (κ3) is 1.78. The molecule has 1 aromatic heterocycles. The molecule has 1 saturated heterocycles. The van der Waals surface area contributed by atoms with E-state index in [1.807, 2.05) is 18.2 Å². The number of halogens is 1. The summed E-state index contributed by atoms with van der Waals surface area (Å²) in [6.45, 7) is 2.36. The number of hydrogen-bond acceptors (Lipinski definition) is 3. The highest BCUT2D eigenvalue weighted by atomic mass is 35.5. The van der Waals surface area contributed by atoms with Crippen LogP contribution in [0.15, 0.2) is 22.6 Å². The molecule has 1 aliphatic rings. The highest BCUT2D eigenvalue weighted by Gasteiger charge is 2.29. The van der Waals surface area contributed by atoms with Crippen molar-refractivity contribution >= 4 is 34.3 Å². The first-order chi connectivity index (χ1) is 8.13. The Morgan fingerprint density at radius 3 is 3.06 bits per heavy atom. The second kappa shape index (κ2) is 3.74. The van der Waals surface area contributed by atoms with Crippen LogP contribution >= 0.6 is 11.6 Å². The van der Waals surface area contributed by atoms with Gasteiger partial charge in [-0.25, -0.2) is 4.98 Å². The summed E-state index contributed by atoms with van der Waals surface area (Å²) >= 11 is 5.98. The zero-order chi connectivity index (χ0) is 12.0. The van der Waals surface area contributed by atoms with Gasteiger partial charge >= 0.3 is 0 Å². The topological polar surface area (TPSA) is 46.3 Å². The van der Waals surface area contributed by atoms with E-state index in [1.54, 1.807) is 11.8 Å². The Labute approximate surface area is 103 Å². The number of benzene rings is 1. The van der Waals surface area contributed by atoms with E-state index in [0.717, 1.165) is 16.8 Å². The molecule has 0 saturated carbocycles. The average Bonchev–Trinajstić information content (AvgIpc) is 2.78. The summed E-state index contributed by atoms with van der Waals surface area (Å²) in [6, 6.07) is 5.55. The number of anilines is 1. The third-order valence-electron chi connectivity index (χ3n) is 2.87. The molecular formula is C12H11ClN2O2. The van der Waals surface area contributed by atoms with Gasteiger partial charge in [0, 0.05) is 25.6 Å². The van der Waals surface area contributed by atoms with Crippen LogP contribution in [-0.4, -0.2) is 22.8 Å². The Balaban J connectivity index is 2.03. The monoisotopic (exact) mass is 250 g/mol. The fourth-order valence-corrected chi connectivity index (χ4v) is 2.38. The van der Waals surface area contributed by atoms with Gasteiger partial charge in [0.1, 0.15) is 5.52 Å². The van der Waals surface area contributed by atoms with Crippen molar-refractivity contribution in [3.63, 3.8) is 0 Å². The number of carbonyl (C=O) groups excluding carboxylic acids is 1. The SMILES string of the molecule is Cc1nc2cc(N3CC(Cl)CC3=O)ccc2o1. The molecule has 1 aliphatic heterocycles. The lowest BCUT2D eigenvalue weighted by molar-refractivity contribution is -0.117. The Morgan fingerprint density at radius 1 is 1.53 bits per heavy atom. The molecule has 0 N–H and O–H groups in total. The number of nitrogens with zero attached hydrogens (tertiary/aromatic N) is 2. The molecule has 2 heterocycles. The molecule has 4 nitrogen and oxygen atoms in total. The fourth-order valence-electron chi connectivity index (χ4n) is 2.11. The first-order valence-electron chi connectivity index (χ1n) is 5.45. The molecule has 0 bridgehead atoms. The Kier molecular flexibility index (Phi) is 2.33. The summed E-state index contributed by atoms with van der Waals surface area (Å²) in [5, 5.41) is -0.0998. The molecule has 2 aromatic rings. The second-order valence-electron chi connectivity index (χ2n) is 4.19. The van der Waals surface area contributed by atoms with Gasteiger partial charge in [-0.3, -0.25) is 4.79 Å². The van der Waals surface area contributed by atoms with Gasteiger partial charge in [0.25, 0.3) is 0 Å². The summed E-state index contributed by atoms with van der Waals surface area (Å²) in [5.41, 5.74) is 2.34. The first-order valence-corrected chi connectivity index (χ1v) is 5.89. The van der Waals surface area contributed by atoms with Gasteiger partial charge in [0.05, 0.1) is 5.38 Å². The zero-order valence-corrected chi connectivity index (χ0v) is 10.1. The minimum absolute atomic E-state index is 0.0598. The van der Waals surface area contributed by atoms with Crippen molar-refractivity contribution in [2.24, 2.45) is 0 Å². The van der Waals surface area contributed by atoms with Crippen LogP contribution in [0.5, 0.6) is 0 Å². The fraction of sp³-hybridized carbons (Fsp3) is 0.333. The van der Waals surface area contributed by atoms with Crippen LogP contribution in [0.3, 0.4) is 0 Å². The molecule has 0 radical (unpaired) electrons. The van der Waals surface area contributed by atoms with E-state index in [9.17, 15) is 4.79 Å². The number of fused-ring (bicyclic) bond motifs is 1. The summed E-state index contributed by atoms with van der Waals surface area (Å²) in [6.07, 6.45) is 0.400. The van der Waals surface area contributed by atoms with Crippen molar-refractivity contribution in [2.45, 2.75) is 18.7 Å². The van der Waals surface area contributed by atoms with Crippen molar-refractivity contribution in [1.29, 1.82) is 0 Å². The normalized spacial score (nSPS) is 20.5. The predicted octanol–water partition coefficient (Wildman–Crippen LogP) is 2.48. The quantitative estimate of drug-likeness (QED) is 0.731. The second-order valence-corrected chi connectivity index (χ2v) is 4.81. The van der Waals surface area contributed by atoms with Crippen LogP contribution in [0.25, 0.3) is 11.1 Å². The molecule has 1 amide bonds. The standard InChI is InChI=1S/C12H11ClN2O2/c1-7-14-10-5-9(2-3-11(10)17-7)15-6-8(13)4-12(15)16/h2-3,5,8H,4,6H2,1H3. The number of alkyl halides is 1. The van der Waals surface area contributed by atoms with Gasteiger partial charge in [0.2, 0.25) is 5.91 Å². The number of carbonyl (C=O) groups is 1. The van der Waals surface area contributed by atoms with E-state index in [4.69, 9.17) is 16.0 Å². The predicted molar refractivity (Wildman–Crippen MR) is 65.4 cm³/mol. The minimum Gasteiger partial charge on any atom is -0.441 e. The molecular weight excluding hydrogens is 240 g/mol. The molecule has 17 heavy (non-hydrogen) atoms. The lowest BCUT2D eigenvalue weighted by Crippen LogP contribution is -2.24.